The molecule has 124 valence electrons. The van der Waals surface area contributed by atoms with Crippen molar-refractivity contribution in [1.82, 2.24) is 15.1 Å². The Bertz CT molecular complexity index is 472. The highest BCUT2D eigenvalue weighted by molar-refractivity contribution is 7.15. The Kier molecular flexibility index (Phi) is 6.57. The zero-order valence-electron chi connectivity index (χ0n) is 13.4. The van der Waals surface area contributed by atoms with Gasteiger partial charge in [0, 0.05) is 26.1 Å². The molecule has 1 fully saturated rings. The number of hydrogen-bond donors (Lipinski definition) is 2. The lowest BCUT2D eigenvalue weighted by Gasteiger charge is -2.33. The Labute approximate surface area is 135 Å². The van der Waals surface area contributed by atoms with E-state index in [2.05, 4.69) is 22.4 Å². The van der Waals surface area contributed by atoms with E-state index in [4.69, 9.17) is 0 Å². The van der Waals surface area contributed by atoms with E-state index in [1.54, 1.807) is 4.90 Å². The zero-order valence-corrected chi connectivity index (χ0v) is 14.2. The first kappa shape index (κ1) is 17.1. The number of unbranched alkanes of at least 4 members (excludes halogenated alkanes) is 1. The van der Waals surface area contributed by atoms with Crippen LogP contribution in [-0.2, 0) is 6.42 Å². The van der Waals surface area contributed by atoms with Crippen molar-refractivity contribution in [2.75, 3.05) is 19.0 Å². The van der Waals surface area contributed by atoms with Crippen LogP contribution >= 0.6 is 11.3 Å². The van der Waals surface area contributed by atoms with Crippen molar-refractivity contribution in [3.8, 4) is 0 Å². The Morgan fingerprint density at radius 1 is 1.36 bits per heavy atom. The molecule has 0 spiro atoms. The average molecular weight is 326 g/mol. The van der Waals surface area contributed by atoms with Gasteiger partial charge in [0.05, 0.1) is 0 Å². The van der Waals surface area contributed by atoms with Crippen LogP contribution in [0, 0.1) is 5.92 Å². The topological polar surface area (TPSA) is 78.4 Å². The minimum absolute atomic E-state index is 0.120. The standard InChI is InChI=1S/C15H26N4O2S/c1-3-4-5-13-17-18-14(22-13)16-15(21)19(2)12-8-6-11(10-20)7-9-12/h11-12,20H,3-10H2,1-2H3,(H,16,18,21). The monoisotopic (exact) mass is 326 g/mol. The van der Waals surface area contributed by atoms with Gasteiger partial charge in [-0.15, -0.1) is 10.2 Å². The second kappa shape index (κ2) is 8.43. The lowest BCUT2D eigenvalue weighted by Crippen LogP contribution is -2.42. The Balaban J connectivity index is 1.82. The van der Waals surface area contributed by atoms with Gasteiger partial charge in [0.1, 0.15) is 5.01 Å². The van der Waals surface area contributed by atoms with E-state index in [0.717, 1.165) is 50.0 Å². The predicted molar refractivity (Wildman–Crippen MR) is 88.1 cm³/mol. The second-order valence-electron chi connectivity index (χ2n) is 6.00. The van der Waals surface area contributed by atoms with E-state index < -0.39 is 0 Å². The summed E-state index contributed by atoms with van der Waals surface area (Å²) in [6.07, 6.45) is 7.01. The molecule has 22 heavy (non-hydrogen) atoms. The van der Waals surface area contributed by atoms with Crippen LogP contribution in [0.4, 0.5) is 9.93 Å². The van der Waals surface area contributed by atoms with Crippen LogP contribution in [0.25, 0.3) is 0 Å². The summed E-state index contributed by atoms with van der Waals surface area (Å²) in [5.41, 5.74) is 0. The van der Waals surface area contributed by atoms with Gasteiger partial charge in [0.2, 0.25) is 5.13 Å². The van der Waals surface area contributed by atoms with Crippen molar-refractivity contribution in [3.05, 3.63) is 5.01 Å². The minimum atomic E-state index is -0.120. The number of carbonyl (C=O) groups is 1. The Morgan fingerprint density at radius 2 is 2.09 bits per heavy atom. The van der Waals surface area contributed by atoms with E-state index >= 15 is 0 Å². The third-order valence-electron chi connectivity index (χ3n) is 4.37. The Morgan fingerprint density at radius 3 is 2.73 bits per heavy atom. The number of amides is 2. The van der Waals surface area contributed by atoms with Crippen molar-refractivity contribution >= 4 is 22.5 Å². The number of anilines is 1. The van der Waals surface area contributed by atoms with Gasteiger partial charge in [-0.05, 0) is 38.0 Å². The summed E-state index contributed by atoms with van der Waals surface area (Å²) >= 11 is 1.46. The molecule has 1 heterocycles. The highest BCUT2D eigenvalue weighted by Gasteiger charge is 2.26. The summed E-state index contributed by atoms with van der Waals surface area (Å²) in [6.45, 7) is 2.40. The normalized spacial score (nSPS) is 21.6. The van der Waals surface area contributed by atoms with Gasteiger partial charge in [0.15, 0.2) is 0 Å². The number of nitrogens with zero attached hydrogens (tertiary/aromatic N) is 3. The second-order valence-corrected chi connectivity index (χ2v) is 7.06. The first-order chi connectivity index (χ1) is 10.6. The van der Waals surface area contributed by atoms with Crippen LogP contribution in [0.1, 0.15) is 50.5 Å². The van der Waals surface area contributed by atoms with Crippen molar-refractivity contribution in [3.63, 3.8) is 0 Å². The molecule has 2 rings (SSSR count). The summed E-state index contributed by atoms with van der Waals surface area (Å²) in [5.74, 6) is 0.400. The molecule has 0 aromatic carbocycles. The fraction of sp³-hybridized carbons (Fsp3) is 0.800. The molecule has 0 radical (unpaired) electrons. The van der Waals surface area contributed by atoms with Gasteiger partial charge >= 0.3 is 6.03 Å². The largest absolute Gasteiger partial charge is 0.396 e. The molecule has 2 N–H and O–H groups in total. The summed E-state index contributed by atoms with van der Waals surface area (Å²) in [6, 6.07) is 0.126. The van der Waals surface area contributed by atoms with Gasteiger partial charge in [-0.2, -0.15) is 0 Å². The van der Waals surface area contributed by atoms with Gasteiger partial charge in [-0.1, -0.05) is 24.7 Å². The van der Waals surface area contributed by atoms with Gasteiger partial charge < -0.3 is 10.0 Å². The first-order valence-electron chi connectivity index (χ1n) is 8.11. The molecular formula is C15H26N4O2S. The number of nitrogens with one attached hydrogen (secondary N) is 1. The highest BCUT2D eigenvalue weighted by atomic mass is 32.1. The fourth-order valence-electron chi connectivity index (χ4n) is 2.79. The van der Waals surface area contributed by atoms with Gasteiger partial charge in [-0.3, -0.25) is 5.32 Å². The summed E-state index contributed by atoms with van der Waals surface area (Å²) < 4.78 is 0. The van der Waals surface area contributed by atoms with Crippen LogP contribution in [-0.4, -0.2) is 45.9 Å². The van der Waals surface area contributed by atoms with Crippen LogP contribution in [0.2, 0.25) is 0 Å². The SMILES string of the molecule is CCCCc1nnc(NC(=O)N(C)C2CCC(CO)CC2)s1. The molecule has 1 aliphatic carbocycles. The predicted octanol–water partition coefficient (Wildman–Crippen LogP) is 2.90. The van der Waals surface area contributed by atoms with E-state index in [1.807, 2.05) is 7.05 Å². The smallest absolute Gasteiger partial charge is 0.323 e. The average Bonchev–Trinajstić information content (AvgIpc) is 2.99. The van der Waals surface area contributed by atoms with Crippen LogP contribution in [0.3, 0.4) is 0 Å². The lowest BCUT2D eigenvalue weighted by atomic mass is 9.86. The molecule has 1 aliphatic rings. The van der Waals surface area contributed by atoms with Gasteiger partial charge in [0.25, 0.3) is 0 Å². The van der Waals surface area contributed by atoms with Crippen LogP contribution in [0.15, 0.2) is 0 Å². The third-order valence-corrected chi connectivity index (χ3v) is 5.27. The molecule has 0 saturated heterocycles. The molecule has 6 nitrogen and oxygen atoms in total. The molecule has 2 amide bonds. The number of hydrogen-bond acceptors (Lipinski definition) is 5. The number of aryl methyl sites for hydroxylation is 1. The number of urea groups is 1. The minimum Gasteiger partial charge on any atom is -0.396 e. The van der Waals surface area contributed by atoms with Crippen molar-refractivity contribution in [1.29, 1.82) is 0 Å². The number of rotatable bonds is 6. The van der Waals surface area contributed by atoms with Gasteiger partial charge in [-0.25, -0.2) is 4.79 Å². The molecule has 0 bridgehead atoms. The van der Waals surface area contributed by atoms with Crippen molar-refractivity contribution < 1.29 is 9.90 Å². The van der Waals surface area contributed by atoms with Crippen molar-refractivity contribution in [2.24, 2.45) is 5.92 Å². The molecule has 0 unspecified atom stereocenters. The zero-order chi connectivity index (χ0) is 15.9. The summed E-state index contributed by atoms with van der Waals surface area (Å²) in [4.78, 5) is 14.1. The molecule has 1 aromatic rings. The van der Waals surface area contributed by atoms with Crippen LogP contribution in [0.5, 0.6) is 0 Å². The molecule has 0 aliphatic heterocycles. The van der Waals surface area contributed by atoms with Crippen molar-refractivity contribution in [2.45, 2.75) is 57.9 Å². The van der Waals surface area contributed by atoms with E-state index in [9.17, 15) is 9.90 Å². The number of aromatic nitrogens is 2. The maximum absolute atomic E-state index is 12.3. The van der Waals surface area contributed by atoms with E-state index in [1.165, 1.54) is 11.3 Å². The summed E-state index contributed by atoms with van der Waals surface area (Å²) in [7, 11) is 1.83. The molecule has 0 atom stereocenters. The van der Waals surface area contributed by atoms with E-state index in [0.29, 0.717) is 11.0 Å². The maximum Gasteiger partial charge on any atom is 0.323 e. The highest BCUT2D eigenvalue weighted by Crippen LogP contribution is 2.27. The number of aliphatic hydroxyl groups is 1. The molecule has 1 aromatic heterocycles. The molecule has 1 saturated carbocycles. The molecule has 7 heteroatoms. The number of carbonyl (C=O) groups excluding carboxylic acids is 1. The van der Waals surface area contributed by atoms with E-state index in [-0.39, 0.29) is 18.7 Å². The number of aliphatic hydroxyl groups excluding tert-OH is 1. The third kappa shape index (κ3) is 4.64. The lowest BCUT2D eigenvalue weighted by molar-refractivity contribution is 0.139. The summed E-state index contributed by atoms with van der Waals surface area (Å²) in [5, 5.41) is 21.7. The molecular weight excluding hydrogens is 300 g/mol. The maximum atomic E-state index is 12.3. The Hall–Kier alpha value is -1.21. The quantitative estimate of drug-likeness (QED) is 0.842. The fourth-order valence-corrected chi connectivity index (χ4v) is 3.56. The van der Waals surface area contributed by atoms with Crippen LogP contribution < -0.4 is 5.32 Å². The first-order valence-corrected chi connectivity index (χ1v) is 8.92.